The van der Waals surface area contributed by atoms with Crippen molar-refractivity contribution in [3.05, 3.63) is 64.4 Å². The van der Waals surface area contributed by atoms with Gasteiger partial charge >= 0.3 is 0 Å². The van der Waals surface area contributed by atoms with E-state index < -0.39 is 15.9 Å². The number of carbonyl (C=O) groups excluding carboxylic acids is 2. The second-order valence-corrected chi connectivity index (χ2v) is 8.96. The molecule has 2 N–H and O–H groups in total. The monoisotopic (exact) mass is 469 g/mol. The normalized spacial score (nSPS) is 11.4. The molecular weight excluding hydrogens is 445 g/mol. The maximum atomic E-state index is 12.9. The Morgan fingerprint density at radius 3 is 2.23 bits per heavy atom. The molecule has 0 aliphatic heterocycles. The van der Waals surface area contributed by atoms with Crippen LogP contribution >= 0.6 is 11.6 Å². The molecule has 10 heteroatoms. The molecule has 0 heterocycles. The molecule has 0 aliphatic carbocycles. The third-order valence-electron chi connectivity index (χ3n) is 4.53. The maximum Gasteiger partial charge on any atom is 0.251 e. The second kappa shape index (κ2) is 11.2. The zero-order valence-electron chi connectivity index (χ0n) is 17.3. The van der Waals surface area contributed by atoms with Gasteiger partial charge in [-0.3, -0.25) is 9.59 Å². The van der Waals surface area contributed by atoms with Crippen LogP contribution in [0.3, 0.4) is 0 Å². The van der Waals surface area contributed by atoms with Gasteiger partial charge in [0.15, 0.2) is 0 Å². The molecule has 0 saturated heterocycles. The van der Waals surface area contributed by atoms with E-state index in [4.69, 9.17) is 11.6 Å². The molecule has 0 bridgehead atoms. The van der Waals surface area contributed by atoms with Gasteiger partial charge in [0.05, 0.1) is 11.4 Å². The van der Waals surface area contributed by atoms with E-state index in [-0.39, 0.29) is 59.8 Å². The van der Waals surface area contributed by atoms with Gasteiger partial charge in [0.2, 0.25) is 15.9 Å². The number of rotatable bonds is 10. The first-order valence-corrected chi connectivity index (χ1v) is 11.6. The van der Waals surface area contributed by atoms with Gasteiger partial charge < -0.3 is 10.6 Å². The molecule has 2 aromatic rings. The molecule has 0 aliphatic rings. The van der Waals surface area contributed by atoms with Gasteiger partial charge in [-0.15, -0.1) is 0 Å². The van der Waals surface area contributed by atoms with Crippen molar-refractivity contribution in [2.75, 3.05) is 26.2 Å². The molecule has 0 aromatic heterocycles. The Labute approximate surface area is 186 Å². The van der Waals surface area contributed by atoms with E-state index in [1.807, 2.05) is 0 Å². The summed E-state index contributed by atoms with van der Waals surface area (Å²) < 4.78 is 39.6. The highest BCUT2D eigenvalue weighted by Crippen LogP contribution is 2.25. The molecule has 2 amide bonds. The molecule has 0 atom stereocenters. The lowest BCUT2D eigenvalue weighted by Gasteiger charge is -2.19. The minimum absolute atomic E-state index is 0.0384. The molecular formula is C21H25ClFN3O4S. The summed E-state index contributed by atoms with van der Waals surface area (Å²) in [5, 5.41) is 5.32. The zero-order chi connectivity index (χ0) is 23.0. The van der Waals surface area contributed by atoms with E-state index in [9.17, 15) is 22.4 Å². The number of halogens is 2. The van der Waals surface area contributed by atoms with E-state index in [0.29, 0.717) is 5.56 Å². The zero-order valence-corrected chi connectivity index (χ0v) is 18.9. The third kappa shape index (κ3) is 6.75. The van der Waals surface area contributed by atoms with Gasteiger partial charge in [0.1, 0.15) is 10.7 Å². The summed E-state index contributed by atoms with van der Waals surface area (Å²) in [6.07, 6.45) is 0.0952. The van der Waals surface area contributed by atoms with Gasteiger partial charge in [-0.25, -0.2) is 12.8 Å². The fourth-order valence-electron chi connectivity index (χ4n) is 2.88. The van der Waals surface area contributed by atoms with Crippen LogP contribution in [0.25, 0.3) is 0 Å². The van der Waals surface area contributed by atoms with Crippen LogP contribution in [0.15, 0.2) is 47.4 Å². The van der Waals surface area contributed by atoms with E-state index in [0.717, 1.165) is 0 Å². The quantitative estimate of drug-likeness (QED) is 0.523. The fraction of sp³-hybridized carbons (Fsp3) is 0.333. The lowest BCUT2D eigenvalue weighted by Crippen LogP contribution is -2.35. The SMILES string of the molecule is CCN(CC)S(=O)(=O)c1cc(C(=O)NCCNC(=O)Cc2ccc(F)cc2)ccc1Cl. The molecule has 0 radical (unpaired) electrons. The Bertz CT molecular complexity index is 1030. The minimum Gasteiger partial charge on any atom is -0.354 e. The predicted molar refractivity (Wildman–Crippen MR) is 117 cm³/mol. The first-order chi connectivity index (χ1) is 14.7. The van der Waals surface area contributed by atoms with Crippen molar-refractivity contribution in [3.8, 4) is 0 Å². The van der Waals surface area contributed by atoms with Gasteiger partial charge in [-0.2, -0.15) is 4.31 Å². The summed E-state index contributed by atoms with van der Waals surface area (Å²) >= 11 is 6.07. The van der Waals surface area contributed by atoms with Crippen molar-refractivity contribution in [1.82, 2.24) is 14.9 Å². The summed E-state index contributed by atoms with van der Waals surface area (Å²) in [5.41, 5.74) is 0.818. The van der Waals surface area contributed by atoms with Crippen LogP contribution in [0, 0.1) is 5.82 Å². The van der Waals surface area contributed by atoms with Crippen LogP contribution in [0.4, 0.5) is 4.39 Å². The Balaban J connectivity index is 1.92. The van der Waals surface area contributed by atoms with E-state index in [2.05, 4.69) is 10.6 Å². The topological polar surface area (TPSA) is 95.6 Å². The minimum atomic E-state index is -3.82. The Morgan fingerprint density at radius 2 is 1.61 bits per heavy atom. The molecule has 0 unspecified atom stereocenters. The summed E-state index contributed by atoms with van der Waals surface area (Å²) in [4.78, 5) is 24.2. The second-order valence-electron chi connectivity index (χ2n) is 6.64. The van der Waals surface area contributed by atoms with Crippen molar-refractivity contribution in [2.45, 2.75) is 25.2 Å². The standard InChI is InChI=1S/C21H25ClFN3O4S/c1-3-26(4-2)31(29,30)19-14-16(7-10-18(19)22)21(28)25-12-11-24-20(27)13-15-5-8-17(23)9-6-15/h5-10,14H,3-4,11-13H2,1-2H3,(H,24,27)(H,25,28). The number of amides is 2. The average Bonchev–Trinajstić information content (AvgIpc) is 2.73. The number of sulfonamides is 1. The van der Waals surface area contributed by atoms with Crippen LogP contribution in [0.2, 0.25) is 5.02 Å². The highest BCUT2D eigenvalue weighted by Gasteiger charge is 2.25. The van der Waals surface area contributed by atoms with Gasteiger partial charge in [-0.05, 0) is 35.9 Å². The molecule has 2 aromatic carbocycles. The van der Waals surface area contributed by atoms with Gasteiger partial charge in [-0.1, -0.05) is 37.6 Å². The van der Waals surface area contributed by atoms with Crippen LogP contribution < -0.4 is 10.6 Å². The fourth-order valence-corrected chi connectivity index (χ4v) is 4.83. The largest absolute Gasteiger partial charge is 0.354 e. The lowest BCUT2D eigenvalue weighted by atomic mass is 10.1. The number of nitrogens with one attached hydrogen (secondary N) is 2. The number of nitrogens with zero attached hydrogens (tertiary/aromatic N) is 1. The molecule has 0 saturated carbocycles. The first-order valence-electron chi connectivity index (χ1n) is 9.78. The summed E-state index contributed by atoms with van der Waals surface area (Å²) in [6, 6.07) is 9.68. The number of hydrogen-bond donors (Lipinski definition) is 2. The van der Waals surface area contributed by atoms with E-state index >= 15 is 0 Å². The lowest BCUT2D eigenvalue weighted by molar-refractivity contribution is -0.120. The molecule has 168 valence electrons. The molecule has 2 rings (SSSR count). The van der Waals surface area contributed by atoms with Crippen LogP contribution in [-0.4, -0.2) is 50.7 Å². The van der Waals surface area contributed by atoms with E-state index in [1.54, 1.807) is 13.8 Å². The molecule has 0 spiro atoms. The van der Waals surface area contributed by atoms with Crippen molar-refractivity contribution in [2.24, 2.45) is 0 Å². The van der Waals surface area contributed by atoms with Crippen molar-refractivity contribution in [3.63, 3.8) is 0 Å². The predicted octanol–water partition coefficient (Wildman–Crippen LogP) is 2.60. The Kier molecular flexibility index (Phi) is 8.97. The van der Waals surface area contributed by atoms with Crippen LogP contribution in [-0.2, 0) is 21.2 Å². The smallest absolute Gasteiger partial charge is 0.251 e. The van der Waals surface area contributed by atoms with E-state index in [1.165, 1.54) is 46.8 Å². The number of hydrogen-bond acceptors (Lipinski definition) is 4. The average molecular weight is 470 g/mol. The molecule has 0 fully saturated rings. The summed E-state index contributed by atoms with van der Waals surface area (Å²) in [6.45, 7) is 4.33. The van der Waals surface area contributed by atoms with Crippen LogP contribution in [0.5, 0.6) is 0 Å². The summed E-state index contributed by atoms with van der Waals surface area (Å²) in [5.74, 6) is -1.12. The molecule has 7 nitrogen and oxygen atoms in total. The highest BCUT2D eigenvalue weighted by atomic mass is 35.5. The number of carbonyl (C=O) groups is 2. The molecule has 31 heavy (non-hydrogen) atoms. The van der Waals surface area contributed by atoms with Crippen molar-refractivity contribution in [1.29, 1.82) is 0 Å². The first kappa shape index (κ1) is 24.8. The Hall–Kier alpha value is -2.49. The van der Waals surface area contributed by atoms with Gasteiger partial charge in [0.25, 0.3) is 5.91 Å². The number of benzene rings is 2. The highest BCUT2D eigenvalue weighted by molar-refractivity contribution is 7.89. The third-order valence-corrected chi connectivity index (χ3v) is 7.06. The summed E-state index contributed by atoms with van der Waals surface area (Å²) in [7, 11) is -3.82. The van der Waals surface area contributed by atoms with Crippen molar-refractivity contribution < 1.29 is 22.4 Å². The van der Waals surface area contributed by atoms with Crippen LogP contribution in [0.1, 0.15) is 29.8 Å². The van der Waals surface area contributed by atoms with Crippen molar-refractivity contribution >= 4 is 33.4 Å². The Morgan fingerprint density at radius 1 is 1.00 bits per heavy atom. The maximum absolute atomic E-state index is 12.9. The van der Waals surface area contributed by atoms with Gasteiger partial charge in [0, 0.05) is 31.7 Å².